The van der Waals surface area contributed by atoms with Crippen LogP contribution in [0.15, 0.2) is 52.4 Å². The highest BCUT2D eigenvalue weighted by atomic mass is 32.2. The number of carbonyl (C=O) groups excluding carboxylic acids is 1. The minimum absolute atomic E-state index is 0.000726. The number of aliphatic hydroxyl groups excluding tert-OH is 1. The molecule has 1 heterocycles. The fourth-order valence-electron chi connectivity index (χ4n) is 2.81. The van der Waals surface area contributed by atoms with Crippen molar-refractivity contribution in [3.63, 3.8) is 0 Å². The Hall–Kier alpha value is -2.44. The van der Waals surface area contributed by atoms with Gasteiger partial charge in [0, 0.05) is 18.7 Å². The Morgan fingerprint density at radius 3 is 2.67 bits per heavy atom. The Morgan fingerprint density at radius 2 is 1.93 bits per heavy atom. The number of aryl methyl sites for hydroxylation is 2. The number of rotatable bonds is 7. The van der Waals surface area contributed by atoms with Crippen molar-refractivity contribution >= 4 is 28.4 Å². The molecule has 0 bridgehead atoms. The number of hydrogen-bond acceptors (Lipinski definition) is 5. The predicted octanol–water partition coefficient (Wildman–Crippen LogP) is 3.37. The summed E-state index contributed by atoms with van der Waals surface area (Å²) in [6.07, 6.45) is 0.457. The number of aromatic nitrogens is 2. The molecule has 0 aliphatic rings. The first-order chi connectivity index (χ1) is 13.0. The number of carbonyl (C=O) groups is 1. The van der Waals surface area contributed by atoms with Gasteiger partial charge in [0.15, 0.2) is 10.9 Å². The van der Waals surface area contributed by atoms with Crippen LogP contribution in [0.1, 0.15) is 27.9 Å². The first kappa shape index (κ1) is 19.3. The molecule has 1 N–H and O–H groups in total. The predicted molar refractivity (Wildman–Crippen MR) is 109 cm³/mol. The molecule has 0 spiro atoms. The van der Waals surface area contributed by atoms with Crippen molar-refractivity contribution < 1.29 is 9.90 Å². The van der Waals surface area contributed by atoms with Crippen LogP contribution in [0.4, 0.5) is 0 Å². The van der Waals surface area contributed by atoms with Gasteiger partial charge in [-0.2, -0.15) is 0 Å². The normalized spacial score (nSPS) is 11.1. The number of hydrogen-bond donors (Lipinski definition) is 1. The van der Waals surface area contributed by atoms with E-state index in [4.69, 9.17) is 5.11 Å². The zero-order valence-corrected chi connectivity index (χ0v) is 16.3. The maximum Gasteiger partial charge on any atom is 0.262 e. The van der Waals surface area contributed by atoms with Crippen LogP contribution in [0.25, 0.3) is 10.9 Å². The smallest absolute Gasteiger partial charge is 0.262 e. The lowest BCUT2D eigenvalue weighted by molar-refractivity contribution is 0.102. The highest BCUT2D eigenvalue weighted by molar-refractivity contribution is 7.99. The Labute approximate surface area is 162 Å². The average Bonchev–Trinajstić information content (AvgIpc) is 2.67. The summed E-state index contributed by atoms with van der Waals surface area (Å²) in [6, 6.07) is 12.8. The van der Waals surface area contributed by atoms with Gasteiger partial charge in [0.2, 0.25) is 0 Å². The lowest BCUT2D eigenvalue weighted by atomic mass is 10.0. The third-order valence-electron chi connectivity index (χ3n) is 4.53. The van der Waals surface area contributed by atoms with Crippen molar-refractivity contribution in [1.82, 2.24) is 9.55 Å². The quantitative estimate of drug-likeness (QED) is 0.385. The number of Topliss-reactive ketones (excluding diaryl/α,β-unsaturated/α-hetero) is 1. The summed E-state index contributed by atoms with van der Waals surface area (Å²) in [4.78, 5) is 30.0. The molecule has 5 nitrogen and oxygen atoms in total. The third-order valence-corrected chi connectivity index (χ3v) is 5.50. The summed E-state index contributed by atoms with van der Waals surface area (Å²) < 4.78 is 1.55. The largest absolute Gasteiger partial charge is 0.396 e. The van der Waals surface area contributed by atoms with Crippen LogP contribution in [0.3, 0.4) is 0 Å². The highest BCUT2D eigenvalue weighted by Crippen LogP contribution is 2.20. The monoisotopic (exact) mass is 382 g/mol. The van der Waals surface area contributed by atoms with E-state index in [1.165, 1.54) is 11.8 Å². The molecule has 3 rings (SSSR count). The van der Waals surface area contributed by atoms with Gasteiger partial charge < -0.3 is 5.11 Å². The van der Waals surface area contributed by atoms with E-state index in [-0.39, 0.29) is 23.7 Å². The second-order valence-electron chi connectivity index (χ2n) is 6.46. The molecule has 140 valence electrons. The van der Waals surface area contributed by atoms with Crippen LogP contribution < -0.4 is 5.56 Å². The minimum atomic E-state index is -0.143. The molecule has 2 aromatic carbocycles. The number of aliphatic hydroxyl groups is 1. The molecule has 0 aliphatic heterocycles. The van der Waals surface area contributed by atoms with E-state index in [1.807, 2.05) is 38.1 Å². The van der Waals surface area contributed by atoms with Crippen LogP contribution in [0.5, 0.6) is 0 Å². The van der Waals surface area contributed by atoms with E-state index < -0.39 is 0 Å². The first-order valence-electron chi connectivity index (χ1n) is 8.85. The van der Waals surface area contributed by atoms with Crippen LogP contribution in [0, 0.1) is 13.8 Å². The number of ketones is 1. The summed E-state index contributed by atoms with van der Waals surface area (Å²) >= 11 is 1.26. The Bertz CT molecular complexity index is 1040. The lowest BCUT2D eigenvalue weighted by Gasteiger charge is -2.12. The third kappa shape index (κ3) is 4.28. The molecule has 0 saturated carbocycles. The van der Waals surface area contributed by atoms with E-state index in [9.17, 15) is 9.59 Å². The van der Waals surface area contributed by atoms with E-state index in [2.05, 4.69) is 4.98 Å². The van der Waals surface area contributed by atoms with E-state index in [0.717, 1.165) is 11.1 Å². The van der Waals surface area contributed by atoms with Crippen LogP contribution in [-0.4, -0.2) is 32.8 Å². The molecule has 0 aliphatic carbocycles. The second-order valence-corrected chi connectivity index (χ2v) is 7.40. The van der Waals surface area contributed by atoms with Gasteiger partial charge in [-0.1, -0.05) is 36.0 Å². The van der Waals surface area contributed by atoms with Gasteiger partial charge in [-0.05, 0) is 49.6 Å². The van der Waals surface area contributed by atoms with E-state index in [0.29, 0.717) is 34.6 Å². The molecule has 0 radical (unpaired) electrons. The fraction of sp³-hybridized carbons (Fsp3) is 0.286. The molecule has 27 heavy (non-hydrogen) atoms. The summed E-state index contributed by atoms with van der Waals surface area (Å²) in [5, 5.41) is 10.2. The number of para-hydroxylation sites is 1. The standard InChI is InChI=1S/C21H22N2O3S/c1-14-8-9-16(12-15(14)2)19(25)13-27-21-22-18-7-4-3-6-17(18)20(26)23(21)10-5-11-24/h3-4,6-9,12,24H,5,10-11,13H2,1-2H3. The van der Waals surface area contributed by atoms with Gasteiger partial charge in [-0.25, -0.2) is 4.98 Å². The zero-order valence-electron chi connectivity index (χ0n) is 15.4. The van der Waals surface area contributed by atoms with Crippen molar-refractivity contribution in [2.75, 3.05) is 12.4 Å². The van der Waals surface area contributed by atoms with Crippen LogP contribution in [0.2, 0.25) is 0 Å². The Morgan fingerprint density at radius 1 is 1.15 bits per heavy atom. The van der Waals surface area contributed by atoms with Crippen molar-refractivity contribution in [3.05, 3.63) is 69.5 Å². The molecule has 6 heteroatoms. The maximum atomic E-state index is 12.8. The SMILES string of the molecule is Cc1ccc(C(=O)CSc2nc3ccccc3c(=O)n2CCCO)cc1C. The maximum absolute atomic E-state index is 12.8. The second kappa shape index (κ2) is 8.50. The van der Waals surface area contributed by atoms with Crippen molar-refractivity contribution in [2.24, 2.45) is 0 Å². The summed E-state index contributed by atoms with van der Waals surface area (Å²) in [6.45, 7) is 4.35. The van der Waals surface area contributed by atoms with Gasteiger partial charge in [0.05, 0.1) is 16.7 Å². The fourth-order valence-corrected chi connectivity index (χ4v) is 3.73. The van der Waals surface area contributed by atoms with Gasteiger partial charge in [-0.15, -0.1) is 0 Å². The Kier molecular flexibility index (Phi) is 6.08. The number of nitrogens with zero attached hydrogens (tertiary/aromatic N) is 2. The molecule has 1 aromatic heterocycles. The molecule has 0 fully saturated rings. The van der Waals surface area contributed by atoms with Gasteiger partial charge >= 0.3 is 0 Å². The van der Waals surface area contributed by atoms with Crippen LogP contribution in [-0.2, 0) is 6.54 Å². The molecular weight excluding hydrogens is 360 g/mol. The molecule has 3 aromatic rings. The first-order valence-corrected chi connectivity index (χ1v) is 9.83. The van der Waals surface area contributed by atoms with E-state index >= 15 is 0 Å². The van der Waals surface area contributed by atoms with Gasteiger partial charge in [0.25, 0.3) is 5.56 Å². The van der Waals surface area contributed by atoms with Crippen molar-refractivity contribution in [2.45, 2.75) is 32.0 Å². The zero-order chi connectivity index (χ0) is 19.4. The van der Waals surface area contributed by atoms with Crippen molar-refractivity contribution in [3.8, 4) is 0 Å². The molecule has 0 unspecified atom stereocenters. The summed E-state index contributed by atoms with van der Waals surface area (Å²) in [5.41, 5.74) is 3.36. The molecular formula is C21H22N2O3S. The number of fused-ring (bicyclic) bond motifs is 1. The van der Waals surface area contributed by atoms with E-state index in [1.54, 1.807) is 22.8 Å². The number of benzene rings is 2. The topological polar surface area (TPSA) is 72.2 Å². The Balaban J connectivity index is 1.89. The average molecular weight is 382 g/mol. The minimum Gasteiger partial charge on any atom is -0.396 e. The number of thioether (sulfide) groups is 1. The highest BCUT2D eigenvalue weighted by Gasteiger charge is 2.14. The van der Waals surface area contributed by atoms with Crippen LogP contribution >= 0.6 is 11.8 Å². The molecule has 0 amide bonds. The lowest BCUT2D eigenvalue weighted by Crippen LogP contribution is -2.24. The van der Waals surface area contributed by atoms with Gasteiger partial charge in [0.1, 0.15) is 0 Å². The summed E-state index contributed by atoms with van der Waals surface area (Å²) in [7, 11) is 0. The van der Waals surface area contributed by atoms with Crippen molar-refractivity contribution in [1.29, 1.82) is 0 Å². The van der Waals surface area contributed by atoms with Gasteiger partial charge in [-0.3, -0.25) is 14.2 Å². The molecule has 0 atom stereocenters. The molecule has 0 saturated heterocycles. The summed E-state index contributed by atoms with van der Waals surface area (Å²) in [5.74, 6) is 0.200.